The summed E-state index contributed by atoms with van der Waals surface area (Å²) in [6, 6.07) is 0. The van der Waals surface area contributed by atoms with Gasteiger partial charge in [0.15, 0.2) is 6.10 Å². The average Bonchev–Trinajstić information content (AvgIpc) is 3.23. The van der Waals surface area contributed by atoms with Gasteiger partial charge in [0.2, 0.25) is 0 Å². The second-order valence-electron chi connectivity index (χ2n) is 17.1. The van der Waals surface area contributed by atoms with Gasteiger partial charge in [-0.2, -0.15) is 0 Å². The Morgan fingerprint density at radius 2 is 0.576 bits per heavy atom. The maximum Gasteiger partial charge on any atom is 0.306 e. The molecule has 0 spiro atoms. The first kappa shape index (κ1) is 56.6. The van der Waals surface area contributed by atoms with Gasteiger partial charge >= 0.3 is 17.9 Å². The van der Waals surface area contributed by atoms with Crippen LogP contribution in [0, 0.1) is 0 Å². The molecule has 0 saturated heterocycles. The molecule has 0 unspecified atom stereocenters. The molecule has 0 heterocycles. The van der Waals surface area contributed by atoms with Crippen LogP contribution in [0.25, 0.3) is 0 Å². The van der Waals surface area contributed by atoms with Crippen molar-refractivity contribution in [2.75, 3.05) is 13.2 Å². The summed E-state index contributed by atoms with van der Waals surface area (Å²) in [6.45, 7) is 6.57. The predicted molar refractivity (Wildman–Crippen MR) is 252 cm³/mol. The zero-order valence-corrected chi connectivity index (χ0v) is 39.3. The molecule has 0 aliphatic heterocycles. The van der Waals surface area contributed by atoms with Crippen molar-refractivity contribution < 1.29 is 28.6 Å². The van der Waals surface area contributed by atoms with Crippen LogP contribution in [0.5, 0.6) is 0 Å². The molecule has 6 heteroatoms. The molecule has 1 atom stereocenters. The second kappa shape index (κ2) is 48.3. The van der Waals surface area contributed by atoms with Crippen LogP contribution < -0.4 is 0 Å². The lowest BCUT2D eigenvalue weighted by Crippen LogP contribution is -2.30. The lowest BCUT2D eigenvalue weighted by atomic mass is 10.1. The van der Waals surface area contributed by atoms with E-state index in [1.54, 1.807) is 0 Å². The zero-order valence-electron chi connectivity index (χ0n) is 39.3. The fraction of sp³-hybridized carbons (Fsp3) is 0.830. The van der Waals surface area contributed by atoms with Crippen molar-refractivity contribution in [1.82, 2.24) is 0 Å². The van der Waals surface area contributed by atoms with Crippen LogP contribution in [0.1, 0.15) is 265 Å². The predicted octanol–water partition coefficient (Wildman–Crippen LogP) is 16.5. The molecule has 6 nitrogen and oxygen atoms in total. The Labute approximate surface area is 365 Å². The molecule has 0 amide bonds. The van der Waals surface area contributed by atoms with E-state index in [2.05, 4.69) is 57.2 Å². The summed E-state index contributed by atoms with van der Waals surface area (Å²) in [4.78, 5) is 37.9. The summed E-state index contributed by atoms with van der Waals surface area (Å²) < 4.78 is 16.8. The number of carbonyl (C=O) groups is 3. The summed E-state index contributed by atoms with van der Waals surface area (Å²) in [6.07, 6.45) is 55.5. The lowest BCUT2D eigenvalue weighted by Gasteiger charge is -2.18. The lowest BCUT2D eigenvalue weighted by molar-refractivity contribution is -0.167. The van der Waals surface area contributed by atoms with Gasteiger partial charge in [-0.3, -0.25) is 14.4 Å². The molecule has 0 aliphatic rings. The molecular weight excluding hydrogens is 733 g/mol. The fourth-order valence-corrected chi connectivity index (χ4v) is 7.18. The van der Waals surface area contributed by atoms with E-state index >= 15 is 0 Å². The third kappa shape index (κ3) is 46.5. The van der Waals surface area contributed by atoms with Crippen molar-refractivity contribution in [1.29, 1.82) is 0 Å². The largest absolute Gasteiger partial charge is 0.462 e. The Bertz CT molecular complexity index is 1000. The minimum Gasteiger partial charge on any atom is -0.462 e. The number of hydrogen-bond acceptors (Lipinski definition) is 6. The Morgan fingerprint density at radius 3 is 0.915 bits per heavy atom. The minimum absolute atomic E-state index is 0.0791. The van der Waals surface area contributed by atoms with E-state index in [0.29, 0.717) is 19.3 Å². The SMILES string of the molecule is CCCC/C=C\CCCCCCCC(=O)OC[C@@H](COC(=O)CCCCCCCCC/C=C\CCCCCCCC)OC(=O)CCCCCCC/C=C\CCCCCC. The quantitative estimate of drug-likeness (QED) is 0.0263. The summed E-state index contributed by atoms with van der Waals surface area (Å²) in [7, 11) is 0. The second-order valence-corrected chi connectivity index (χ2v) is 17.1. The monoisotopic (exact) mass is 829 g/mol. The van der Waals surface area contributed by atoms with E-state index in [9.17, 15) is 14.4 Å². The first-order chi connectivity index (χ1) is 29.0. The standard InChI is InChI=1S/C53H96O6/c1-4-7-10-13-16-19-22-24-25-26-27-29-31-34-37-40-43-46-52(55)58-49-50(48-57-51(54)45-42-39-36-33-30-21-18-15-12-9-6-3)59-53(56)47-44-41-38-35-32-28-23-20-17-14-11-8-5-2/h15,18,20,23-25,50H,4-14,16-17,19,21-22,26-49H2,1-3H3/b18-15-,23-20-,25-24-/t50-/m0/s1. The van der Waals surface area contributed by atoms with Crippen LogP contribution >= 0.6 is 0 Å². The number of rotatable bonds is 46. The van der Waals surface area contributed by atoms with E-state index in [0.717, 1.165) is 77.0 Å². The Morgan fingerprint density at radius 1 is 0.322 bits per heavy atom. The van der Waals surface area contributed by atoms with Gasteiger partial charge in [-0.05, 0) is 89.9 Å². The van der Waals surface area contributed by atoms with Crippen molar-refractivity contribution in [2.45, 2.75) is 271 Å². The summed E-state index contributed by atoms with van der Waals surface area (Å²) in [5, 5.41) is 0. The van der Waals surface area contributed by atoms with E-state index in [4.69, 9.17) is 14.2 Å². The van der Waals surface area contributed by atoms with Crippen LogP contribution in [0.4, 0.5) is 0 Å². The molecule has 0 radical (unpaired) electrons. The summed E-state index contributed by atoms with van der Waals surface area (Å²) in [5.74, 6) is -0.895. The van der Waals surface area contributed by atoms with Gasteiger partial charge in [0.25, 0.3) is 0 Å². The first-order valence-corrected chi connectivity index (χ1v) is 25.5. The van der Waals surface area contributed by atoms with Crippen molar-refractivity contribution in [2.24, 2.45) is 0 Å². The molecule has 0 rings (SSSR count). The van der Waals surface area contributed by atoms with Gasteiger partial charge in [-0.1, -0.05) is 192 Å². The Hall–Kier alpha value is -2.37. The minimum atomic E-state index is -0.778. The smallest absolute Gasteiger partial charge is 0.306 e. The van der Waals surface area contributed by atoms with Crippen LogP contribution in [-0.2, 0) is 28.6 Å². The molecule has 0 aliphatic carbocycles. The van der Waals surface area contributed by atoms with E-state index in [1.165, 1.54) is 148 Å². The van der Waals surface area contributed by atoms with Crippen LogP contribution in [0.2, 0.25) is 0 Å². The van der Waals surface area contributed by atoms with Gasteiger partial charge in [0.05, 0.1) is 0 Å². The number of hydrogen-bond donors (Lipinski definition) is 0. The molecule has 0 saturated carbocycles. The average molecular weight is 829 g/mol. The van der Waals surface area contributed by atoms with Crippen molar-refractivity contribution >= 4 is 17.9 Å². The number of esters is 3. The molecule has 0 aromatic rings. The van der Waals surface area contributed by atoms with Crippen molar-refractivity contribution in [3.63, 3.8) is 0 Å². The van der Waals surface area contributed by atoms with Gasteiger partial charge in [-0.15, -0.1) is 0 Å². The van der Waals surface area contributed by atoms with E-state index < -0.39 is 6.10 Å². The van der Waals surface area contributed by atoms with Gasteiger partial charge in [0, 0.05) is 19.3 Å². The van der Waals surface area contributed by atoms with Crippen molar-refractivity contribution in [3.05, 3.63) is 36.5 Å². The first-order valence-electron chi connectivity index (χ1n) is 25.5. The highest BCUT2D eigenvalue weighted by molar-refractivity contribution is 5.71. The number of allylic oxidation sites excluding steroid dienone is 6. The summed E-state index contributed by atoms with van der Waals surface area (Å²) in [5.41, 5.74) is 0. The fourth-order valence-electron chi connectivity index (χ4n) is 7.18. The third-order valence-corrected chi connectivity index (χ3v) is 11.1. The van der Waals surface area contributed by atoms with Crippen molar-refractivity contribution in [3.8, 4) is 0 Å². The van der Waals surface area contributed by atoms with Crippen LogP contribution in [-0.4, -0.2) is 37.2 Å². The highest BCUT2D eigenvalue weighted by Crippen LogP contribution is 2.14. The number of carbonyl (C=O) groups excluding carboxylic acids is 3. The molecule has 344 valence electrons. The molecule has 0 N–H and O–H groups in total. The highest BCUT2D eigenvalue weighted by Gasteiger charge is 2.19. The molecular formula is C53H96O6. The summed E-state index contributed by atoms with van der Waals surface area (Å²) >= 11 is 0. The van der Waals surface area contributed by atoms with Gasteiger partial charge in [0.1, 0.15) is 13.2 Å². The molecule has 0 aromatic heterocycles. The normalized spacial score (nSPS) is 12.3. The molecule has 0 aromatic carbocycles. The molecule has 0 fully saturated rings. The topological polar surface area (TPSA) is 78.9 Å². The van der Waals surface area contributed by atoms with E-state index in [1.807, 2.05) is 0 Å². The number of ether oxygens (including phenoxy) is 3. The molecule has 59 heavy (non-hydrogen) atoms. The van der Waals surface area contributed by atoms with Gasteiger partial charge in [-0.25, -0.2) is 0 Å². The Kier molecular flexibility index (Phi) is 46.4. The van der Waals surface area contributed by atoms with E-state index in [-0.39, 0.29) is 31.1 Å². The zero-order chi connectivity index (χ0) is 43.0. The number of unbranched alkanes of at least 4 members (excludes halogenated alkanes) is 29. The maximum atomic E-state index is 12.8. The third-order valence-electron chi connectivity index (χ3n) is 11.1. The molecule has 0 bridgehead atoms. The van der Waals surface area contributed by atoms with Gasteiger partial charge < -0.3 is 14.2 Å². The van der Waals surface area contributed by atoms with Crippen LogP contribution in [0.15, 0.2) is 36.5 Å². The Balaban J connectivity index is 4.35. The highest BCUT2D eigenvalue weighted by atomic mass is 16.6. The maximum absolute atomic E-state index is 12.8. The van der Waals surface area contributed by atoms with Crippen LogP contribution in [0.3, 0.4) is 0 Å².